The summed E-state index contributed by atoms with van der Waals surface area (Å²) in [5.74, 6) is 0. The first-order valence-corrected chi connectivity index (χ1v) is 7.71. The van der Waals surface area contributed by atoms with Gasteiger partial charge in [-0.05, 0) is 42.8 Å². The number of hydrogen-bond acceptors (Lipinski definition) is 3. The van der Waals surface area contributed by atoms with Gasteiger partial charge in [0.2, 0.25) is 0 Å². The minimum absolute atomic E-state index is 0.375. The average molecular weight is 262 g/mol. The summed E-state index contributed by atoms with van der Waals surface area (Å²) in [5, 5.41) is 5.81. The molecule has 0 saturated heterocycles. The molecule has 0 radical (unpaired) electrons. The molecule has 0 spiro atoms. The Kier molecular flexibility index (Phi) is 4.72. The lowest BCUT2D eigenvalue weighted by Crippen LogP contribution is -2.30. The molecule has 0 fully saturated rings. The molecular formula is C15H22N2S. The van der Waals surface area contributed by atoms with Gasteiger partial charge in [0, 0.05) is 18.3 Å². The Morgan fingerprint density at radius 1 is 1.39 bits per heavy atom. The van der Waals surface area contributed by atoms with E-state index in [9.17, 15) is 0 Å². The smallest absolute Gasteiger partial charge is 0.0809 e. The standard InChI is InChI=1S/C15H22N2S/c1-4-6-13(5-2)17-11(3)12-9-15-14(16-10-12)7-8-18-15/h7-11,13,17H,4-6H2,1-3H3. The van der Waals surface area contributed by atoms with Crippen LogP contribution >= 0.6 is 11.3 Å². The van der Waals surface area contributed by atoms with Gasteiger partial charge in [-0.15, -0.1) is 11.3 Å². The molecule has 2 heterocycles. The van der Waals surface area contributed by atoms with Crippen LogP contribution in [-0.2, 0) is 0 Å². The number of fused-ring (bicyclic) bond motifs is 1. The number of nitrogens with zero attached hydrogens (tertiary/aromatic N) is 1. The van der Waals surface area contributed by atoms with Crippen molar-refractivity contribution in [3.05, 3.63) is 29.3 Å². The predicted molar refractivity (Wildman–Crippen MR) is 80.2 cm³/mol. The summed E-state index contributed by atoms with van der Waals surface area (Å²) in [4.78, 5) is 4.51. The number of thiophene rings is 1. The molecule has 0 bridgehead atoms. The number of hydrogen-bond donors (Lipinski definition) is 1. The molecule has 0 aliphatic carbocycles. The molecule has 2 unspecified atom stereocenters. The van der Waals surface area contributed by atoms with Gasteiger partial charge in [-0.25, -0.2) is 0 Å². The second kappa shape index (κ2) is 6.30. The van der Waals surface area contributed by atoms with Crippen molar-refractivity contribution < 1.29 is 0 Å². The third kappa shape index (κ3) is 3.09. The fraction of sp³-hybridized carbons (Fsp3) is 0.533. The van der Waals surface area contributed by atoms with Crippen molar-refractivity contribution in [2.24, 2.45) is 0 Å². The van der Waals surface area contributed by atoms with Crippen LogP contribution in [0, 0.1) is 0 Å². The van der Waals surface area contributed by atoms with E-state index in [0.717, 1.165) is 5.52 Å². The van der Waals surface area contributed by atoms with Crippen molar-refractivity contribution in [3.8, 4) is 0 Å². The van der Waals surface area contributed by atoms with Gasteiger partial charge in [-0.1, -0.05) is 20.3 Å². The Hall–Kier alpha value is -0.930. The second-order valence-electron chi connectivity index (χ2n) is 4.85. The molecule has 2 nitrogen and oxygen atoms in total. The lowest BCUT2D eigenvalue weighted by molar-refractivity contribution is 0.417. The van der Waals surface area contributed by atoms with Crippen molar-refractivity contribution >= 4 is 21.6 Å². The van der Waals surface area contributed by atoms with Gasteiger partial charge in [0.25, 0.3) is 0 Å². The van der Waals surface area contributed by atoms with Gasteiger partial charge in [0.15, 0.2) is 0 Å². The highest BCUT2D eigenvalue weighted by Crippen LogP contribution is 2.23. The lowest BCUT2D eigenvalue weighted by atomic mass is 10.1. The zero-order valence-corrected chi connectivity index (χ0v) is 12.3. The Balaban J connectivity index is 2.09. The Morgan fingerprint density at radius 3 is 2.94 bits per heavy atom. The minimum atomic E-state index is 0.375. The first-order valence-electron chi connectivity index (χ1n) is 6.83. The van der Waals surface area contributed by atoms with Crippen molar-refractivity contribution in [3.63, 3.8) is 0 Å². The van der Waals surface area contributed by atoms with Crippen LogP contribution < -0.4 is 5.32 Å². The first kappa shape index (κ1) is 13.5. The summed E-state index contributed by atoms with van der Waals surface area (Å²) in [7, 11) is 0. The first-order chi connectivity index (χ1) is 8.74. The Labute approximate surface area is 113 Å². The van der Waals surface area contributed by atoms with Gasteiger partial charge in [-0.2, -0.15) is 0 Å². The summed E-state index contributed by atoms with van der Waals surface area (Å²) in [6.45, 7) is 6.73. The van der Waals surface area contributed by atoms with Crippen molar-refractivity contribution in [2.75, 3.05) is 0 Å². The van der Waals surface area contributed by atoms with Gasteiger partial charge >= 0.3 is 0 Å². The average Bonchev–Trinajstić information content (AvgIpc) is 2.85. The normalized spacial score (nSPS) is 14.8. The van der Waals surface area contributed by atoms with Gasteiger partial charge in [-0.3, -0.25) is 4.98 Å². The van der Waals surface area contributed by atoms with E-state index in [1.54, 1.807) is 11.3 Å². The van der Waals surface area contributed by atoms with E-state index in [1.165, 1.54) is 29.5 Å². The van der Waals surface area contributed by atoms with Crippen LogP contribution in [0.3, 0.4) is 0 Å². The maximum absolute atomic E-state index is 4.51. The molecule has 0 amide bonds. The van der Waals surface area contributed by atoms with Crippen LogP contribution in [0.15, 0.2) is 23.7 Å². The van der Waals surface area contributed by atoms with Crippen molar-refractivity contribution in [1.82, 2.24) is 10.3 Å². The quantitative estimate of drug-likeness (QED) is 0.827. The predicted octanol–water partition coefficient (Wildman–Crippen LogP) is 4.53. The number of aromatic nitrogens is 1. The topological polar surface area (TPSA) is 24.9 Å². The molecule has 1 N–H and O–H groups in total. The van der Waals surface area contributed by atoms with Crippen LogP contribution in [0.1, 0.15) is 51.6 Å². The van der Waals surface area contributed by atoms with E-state index in [-0.39, 0.29) is 0 Å². The van der Waals surface area contributed by atoms with Crippen LogP contribution in [0.4, 0.5) is 0 Å². The summed E-state index contributed by atoms with van der Waals surface area (Å²) < 4.78 is 1.28. The molecule has 2 rings (SSSR count). The number of pyridine rings is 1. The molecular weight excluding hydrogens is 240 g/mol. The van der Waals surface area contributed by atoms with E-state index >= 15 is 0 Å². The van der Waals surface area contributed by atoms with Gasteiger partial charge in [0.05, 0.1) is 10.2 Å². The van der Waals surface area contributed by atoms with Crippen LogP contribution in [0.5, 0.6) is 0 Å². The number of nitrogens with one attached hydrogen (secondary N) is 1. The summed E-state index contributed by atoms with van der Waals surface area (Å²) in [6, 6.07) is 5.33. The number of rotatable bonds is 6. The molecule has 2 aromatic rings. The minimum Gasteiger partial charge on any atom is -0.307 e. The highest BCUT2D eigenvalue weighted by atomic mass is 32.1. The lowest BCUT2D eigenvalue weighted by Gasteiger charge is -2.22. The van der Waals surface area contributed by atoms with E-state index in [2.05, 4.69) is 48.6 Å². The van der Waals surface area contributed by atoms with Gasteiger partial charge < -0.3 is 5.32 Å². The zero-order chi connectivity index (χ0) is 13.0. The third-order valence-electron chi connectivity index (χ3n) is 3.44. The van der Waals surface area contributed by atoms with Crippen LogP contribution in [0.25, 0.3) is 10.2 Å². The molecule has 2 atom stereocenters. The van der Waals surface area contributed by atoms with Crippen molar-refractivity contribution in [1.29, 1.82) is 0 Å². The van der Waals surface area contributed by atoms with Gasteiger partial charge in [0.1, 0.15) is 0 Å². The summed E-state index contributed by atoms with van der Waals surface area (Å²) in [6.07, 6.45) is 5.67. The SMILES string of the molecule is CCCC(CC)NC(C)c1cnc2ccsc2c1. The highest BCUT2D eigenvalue weighted by molar-refractivity contribution is 7.17. The van der Waals surface area contributed by atoms with E-state index in [0.29, 0.717) is 12.1 Å². The fourth-order valence-corrected chi connectivity index (χ4v) is 3.09. The largest absolute Gasteiger partial charge is 0.307 e. The Bertz CT molecular complexity index is 492. The Morgan fingerprint density at radius 2 is 2.22 bits per heavy atom. The van der Waals surface area contributed by atoms with Crippen LogP contribution in [0.2, 0.25) is 0 Å². The highest BCUT2D eigenvalue weighted by Gasteiger charge is 2.12. The van der Waals surface area contributed by atoms with E-state index in [4.69, 9.17) is 0 Å². The monoisotopic (exact) mass is 262 g/mol. The van der Waals surface area contributed by atoms with Crippen molar-refractivity contribution in [2.45, 2.75) is 52.1 Å². The molecule has 2 aromatic heterocycles. The summed E-state index contributed by atoms with van der Waals surface area (Å²) in [5.41, 5.74) is 2.40. The molecule has 18 heavy (non-hydrogen) atoms. The molecule has 0 aliphatic heterocycles. The maximum Gasteiger partial charge on any atom is 0.0809 e. The second-order valence-corrected chi connectivity index (χ2v) is 5.80. The summed E-state index contributed by atoms with van der Waals surface area (Å²) >= 11 is 1.76. The molecule has 3 heteroatoms. The van der Waals surface area contributed by atoms with E-state index in [1.807, 2.05) is 6.20 Å². The molecule has 0 saturated carbocycles. The molecule has 98 valence electrons. The van der Waals surface area contributed by atoms with Crippen LogP contribution in [-0.4, -0.2) is 11.0 Å². The van der Waals surface area contributed by atoms with E-state index < -0.39 is 0 Å². The molecule has 0 aliphatic rings. The third-order valence-corrected chi connectivity index (χ3v) is 4.29. The zero-order valence-electron chi connectivity index (χ0n) is 11.4. The fourth-order valence-electron chi connectivity index (χ4n) is 2.30. The molecule has 0 aromatic carbocycles. The maximum atomic E-state index is 4.51.